The van der Waals surface area contributed by atoms with Crippen LogP contribution in [0.5, 0.6) is 11.5 Å². The molecule has 6 nitrogen and oxygen atoms in total. The Bertz CT molecular complexity index is 855. The third-order valence-electron chi connectivity index (χ3n) is 5.30. The monoisotopic (exact) mass is 444 g/mol. The normalized spacial score (nSPS) is 12.5. The van der Waals surface area contributed by atoms with E-state index in [1.165, 1.54) is 12.1 Å². The van der Waals surface area contributed by atoms with E-state index in [4.69, 9.17) is 9.47 Å². The fourth-order valence-electron chi connectivity index (χ4n) is 3.06. The molecule has 2 rings (SSSR count). The number of hydrogen-bond donors (Lipinski definition) is 1. The van der Waals surface area contributed by atoms with Crippen molar-refractivity contribution in [1.29, 1.82) is 0 Å². The molecule has 0 bridgehead atoms. The largest absolute Gasteiger partial charge is 0.497 e. The number of ether oxygens (including phenoxy) is 2. The molecule has 0 aliphatic rings. The highest BCUT2D eigenvalue weighted by molar-refractivity contribution is 5.87. The van der Waals surface area contributed by atoms with Gasteiger partial charge in [0.15, 0.2) is 0 Å². The molecule has 0 aliphatic carbocycles. The van der Waals surface area contributed by atoms with Crippen molar-refractivity contribution >= 4 is 11.8 Å². The van der Waals surface area contributed by atoms with E-state index in [9.17, 15) is 14.0 Å². The molecule has 0 aromatic heterocycles. The van der Waals surface area contributed by atoms with E-state index in [1.807, 2.05) is 38.1 Å². The molecule has 2 aromatic carbocycles. The summed E-state index contributed by atoms with van der Waals surface area (Å²) in [5, 5.41) is 2.93. The molecule has 0 saturated carbocycles. The van der Waals surface area contributed by atoms with Gasteiger partial charge >= 0.3 is 0 Å². The minimum Gasteiger partial charge on any atom is -0.497 e. The zero-order valence-electron chi connectivity index (χ0n) is 19.3. The second kappa shape index (κ2) is 12.7. The molecule has 0 saturated heterocycles. The van der Waals surface area contributed by atoms with Gasteiger partial charge in [-0.1, -0.05) is 19.1 Å². The molecule has 1 N–H and O–H groups in total. The number of nitrogens with one attached hydrogen (secondary N) is 1. The summed E-state index contributed by atoms with van der Waals surface area (Å²) >= 11 is 0. The van der Waals surface area contributed by atoms with Crippen molar-refractivity contribution in [3.8, 4) is 11.5 Å². The summed E-state index contributed by atoms with van der Waals surface area (Å²) in [7, 11) is 1.60. The van der Waals surface area contributed by atoms with Gasteiger partial charge in [0.05, 0.1) is 13.7 Å². The van der Waals surface area contributed by atoms with Gasteiger partial charge in [0.2, 0.25) is 11.8 Å². The van der Waals surface area contributed by atoms with Crippen molar-refractivity contribution in [2.45, 2.75) is 58.7 Å². The van der Waals surface area contributed by atoms with Crippen molar-refractivity contribution in [2.75, 3.05) is 13.7 Å². The van der Waals surface area contributed by atoms with E-state index in [-0.39, 0.29) is 36.6 Å². The highest BCUT2D eigenvalue weighted by atomic mass is 19.1. The number of amides is 2. The Hall–Kier alpha value is -3.09. The summed E-state index contributed by atoms with van der Waals surface area (Å²) in [6, 6.07) is 12.6. The Morgan fingerprint density at radius 2 is 1.66 bits per heavy atom. The number of carbonyl (C=O) groups excluding carboxylic acids is 2. The zero-order chi connectivity index (χ0) is 23.5. The van der Waals surface area contributed by atoms with Crippen LogP contribution in [0.25, 0.3) is 0 Å². The number of nitrogens with zero attached hydrogens (tertiary/aromatic N) is 1. The first-order chi connectivity index (χ1) is 15.3. The first kappa shape index (κ1) is 25.2. The van der Waals surface area contributed by atoms with Crippen molar-refractivity contribution in [3.05, 3.63) is 59.9 Å². The molecule has 32 heavy (non-hydrogen) atoms. The predicted octanol–water partition coefficient (Wildman–Crippen LogP) is 4.33. The van der Waals surface area contributed by atoms with Crippen LogP contribution in [0.2, 0.25) is 0 Å². The number of benzene rings is 2. The molecule has 7 heteroatoms. The summed E-state index contributed by atoms with van der Waals surface area (Å²) in [5.41, 5.74) is 0.762. The second-order valence-corrected chi connectivity index (χ2v) is 7.77. The van der Waals surface area contributed by atoms with Gasteiger partial charge in [-0.25, -0.2) is 4.39 Å². The van der Waals surface area contributed by atoms with Crippen molar-refractivity contribution in [2.24, 2.45) is 0 Å². The Kier molecular flexibility index (Phi) is 9.98. The minimum absolute atomic E-state index is 0.0191. The molecule has 0 fully saturated rings. The molecule has 0 aliphatic heterocycles. The Balaban J connectivity index is 1.98. The van der Waals surface area contributed by atoms with Crippen LogP contribution in [-0.4, -0.2) is 42.5 Å². The van der Waals surface area contributed by atoms with Crippen LogP contribution in [0.1, 0.15) is 45.6 Å². The van der Waals surface area contributed by atoms with E-state index in [2.05, 4.69) is 5.32 Å². The zero-order valence-corrected chi connectivity index (χ0v) is 19.3. The third kappa shape index (κ3) is 7.87. The lowest BCUT2D eigenvalue weighted by atomic mass is 10.1. The summed E-state index contributed by atoms with van der Waals surface area (Å²) in [5.74, 6) is 0.741. The van der Waals surface area contributed by atoms with E-state index >= 15 is 0 Å². The van der Waals surface area contributed by atoms with E-state index in [0.29, 0.717) is 18.8 Å². The van der Waals surface area contributed by atoms with E-state index in [1.54, 1.807) is 31.1 Å². The molecule has 2 amide bonds. The van der Waals surface area contributed by atoms with Gasteiger partial charge in [-0.2, -0.15) is 0 Å². The average molecular weight is 445 g/mol. The van der Waals surface area contributed by atoms with Crippen LogP contribution in [0, 0.1) is 5.82 Å². The summed E-state index contributed by atoms with van der Waals surface area (Å²) in [4.78, 5) is 27.2. The van der Waals surface area contributed by atoms with Gasteiger partial charge in [0.1, 0.15) is 23.4 Å². The Morgan fingerprint density at radius 1 is 1.03 bits per heavy atom. The Labute approximate surface area is 189 Å². The summed E-state index contributed by atoms with van der Waals surface area (Å²) in [6.07, 6.45) is 1.54. The summed E-state index contributed by atoms with van der Waals surface area (Å²) < 4.78 is 24.1. The van der Waals surface area contributed by atoms with Gasteiger partial charge in [-0.05, 0) is 68.7 Å². The standard InChI is InChI=1S/C25H33FN2O4/c1-5-18(2)27-25(30)19(3)28(17-20-8-10-21(26)11-9-20)24(29)7-6-16-32-23-14-12-22(31-4)13-15-23/h8-15,18-19H,5-7,16-17H2,1-4H3,(H,27,30). The topological polar surface area (TPSA) is 67.9 Å². The maximum absolute atomic E-state index is 13.3. The smallest absolute Gasteiger partial charge is 0.242 e. The average Bonchev–Trinajstić information content (AvgIpc) is 2.81. The fraction of sp³-hybridized carbons (Fsp3) is 0.440. The van der Waals surface area contributed by atoms with Gasteiger partial charge in [-0.15, -0.1) is 0 Å². The number of hydrogen-bond acceptors (Lipinski definition) is 4. The SMILES string of the molecule is CCC(C)NC(=O)C(C)N(Cc1ccc(F)cc1)C(=O)CCCOc1ccc(OC)cc1. The van der Waals surface area contributed by atoms with Gasteiger partial charge in [0, 0.05) is 19.0 Å². The lowest BCUT2D eigenvalue weighted by Crippen LogP contribution is -2.49. The molecule has 2 unspecified atom stereocenters. The van der Waals surface area contributed by atoms with E-state index in [0.717, 1.165) is 17.7 Å². The molecule has 0 radical (unpaired) electrons. The first-order valence-corrected chi connectivity index (χ1v) is 10.9. The number of halogens is 1. The van der Waals surface area contributed by atoms with Crippen LogP contribution in [-0.2, 0) is 16.1 Å². The second-order valence-electron chi connectivity index (χ2n) is 7.77. The van der Waals surface area contributed by atoms with Gasteiger partial charge in [0.25, 0.3) is 0 Å². The van der Waals surface area contributed by atoms with Crippen LogP contribution >= 0.6 is 0 Å². The molecular formula is C25H33FN2O4. The summed E-state index contributed by atoms with van der Waals surface area (Å²) in [6.45, 7) is 6.23. The maximum Gasteiger partial charge on any atom is 0.242 e. The predicted molar refractivity (Wildman–Crippen MR) is 122 cm³/mol. The number of methoxy groups -OCH3 is 1. The number of rotatable bonds is 12. The quantitative estimate of drug-likeness (QED) is 0.495. The molecular weight excluding hydrogens is 411 g/mol. The maximum atomic E-state index is 13.3. The first-order valence-electron chi connectivity index (χ1n) is 10.9. The van der Waals surface area contributed by atoms with Gasteiger partial charge in [-0.3, -0.25) is 9.59 Å². The van der Waals surface area contributed by atoms with Crippen LogP contribution in [0.4, 0.5) is 4.39 Å². The van der Waals surface area contributed by atoms with Crippen molar-refractivity contribution in [1.82, 2.24) is 10.2 Å². The minimum atomic E-state index is -0.649. The molecule has 2 aromatic rings. The number of carbonyl (C=O) groups is 2. The van der Waals surface area contributed by atoms with E-state index < -0.39 is 6.04 Å². The highest BCUT2D eigenvalue weighted by Gasteiger charge is 2.26. The molecule has 0 spiro atoms. The fourth-order valence-corrected chi connectivity index (χ4v) is 3.06. The lowest BCUT2D eigenvalue weighted by Gasteiger charge is -2.29. The van der Waals surface area contributed by atoms with Crippen LogP contribution in [0.15, 0.2) is 48.5 Å². The lowest BCUT2D eigenvalue weighted by molar-refractivity contribution is -0.141. The van der Waals surface area contributed by atoms with Crippen LogP contribution < -0.4 is 14.8 Å². The molecule has 0 heterocycles. The van der Waals surface area contributed by atoms with Gasteiger partial charge < -0.3 is 19.7 Å². The van der Waals surface area contributed by atoms with Crippen molar-refractivity contribution < 1.29 is 23.5 Å². The molecule has 2 atom stereocenters. The van der Waals surface area contributed by atoms with Crippen LogP contribution in [0.3, 0.4) is 0 Å². The highest BCUT2D eigenvalue weighted by Crippen LogP contribution is 2.18. The van der Waals surface area contributed by atoms with Crippen molar-refractivity contribution in [3.63, 3.8) is 0 Å². The third-order valence-corrected chi connectivity index (χ3v) is 5.30. The Morgan fingerprint density at radius 3 is 2.25 bits per heavy atom. The molecule has 174 valence electrons.